The molecule has 18 heavy (non-hydrogen) atoms. The Balaban J connectivity index is 2.81. The van der Waals surface area contributed by atoms with Gasteiger partial charge < -0.3 is 0 Å². The Morgan fingerprint density at radius 3 is 2.61 bits per heavy atom. The van der Waals surface area contributed by atoms with E-state index in [9.17, 15) is 8.42 Å². The predicted molar refractivity (Wildman–Crippen MR) is 71.2 cm³/mol. The average molecular weight is 266 g/mol. The molecule has 0 aliphatic carbocycles. The van der Waals surface area contributed by atoms with Crippen LogP contribution in [-0.2, 0) is 16.6 Å². The van der Waals surface area contributed by atoms with Crippen molar-refractivity contribution in [1.82, 2.24) is 4.31 Å². The Morgan fingerprint density at radius 1 is 1.39 bits per heavy atom. The smallest absolute Gasteiger partial charge is 0.212 e. The minimum Gasteiger partial charge on any atom is -0.212 e. The molecule has 1 aromatic rings. The largest absolute Gasteiger partial charge is 0.214 e. The zero-order valence-electron chi connectivity index (χ0n) is 10.9. The van der Waals surface area contributed by atoms with E-state index in [1.165, 1.54) is 4.31 Å². The number of nitriles is 1. The van der Waals surface area contributed by atoms with Gasteiger partial charge in [-0.1, -0.05) is 26.0 Å². The summed E-state index contributed by atoms with van der Waals surface area (Å²) in [5.74, 6) is 0.240. The molecule has 0 N–H and O–H groups in total. The van der Waals surface area contributed by atoms with E-state index in [1.54, 1.807) is 25.2 Å². The molecule has 0 unspecified atom stereocenters. The van der Waals surface area contributed by atoms with Crippen molar-refractivity contribution < 1.29 is 8.42 Å². The lowest BCUT2D eigenvalue weighted by Gasteiger charge is -2.18. The molecular weight excluding hydrogens is 248 g/mol. The number of nitrogens with zero attached hydrogens (tertiary/aromatic N) is 2. The van der Waals surface area contributed by atoms with Crippen LogP contribution in [0.1, 0.15) is 25.0 Å². The van der Waals surface area contributed by atoms with Gasteiger partial charge in [0.05, 0.1) is 17.4 Å². The molecule has 0 aliphatic heterocycles. The Kier molecular flexibility index (Phi) is 4.88. The van der Waals surface area contributed by atoms with Crippen molar-refractivity contribution in [3.63, 3.8) is 0 Å². The van der Waals surface area contributed by atoms with Crippen LogP contribution in [0.25, 0.3) is 0 Å². The van der Waals surface area contributed by atoms with Crippen molar-refractivity contribution in [3.8, 4) is 6.07 Å². The van der Waals surface area contributed by atoms with Gasteiger partial charge in [-0.15, -0.1) is 0 Å². The highest BCUT2D eigenvalue weighted by Crippen LogP contribution is 2.11. The van der Waals surface area contributed by atoms with Crippen LogP contribution >= 0.6 is 0 Å². The van der Waals surface area contributed by atoms with Gasteiger partial charge in [-0.2, -0.15) is 5.26 Å². The van der Waals surface area contributed by atoms with E-state index in [2.05, 4.69) is 0 Å². The molecule has 0 atom stereocenters. The summed E-state index contributed by atoms with van der Waals surface area (Å²) in [6.45, 7) is 4.05. The molecule has 0 spiro atoms. The molecule has 1 aromatic carbocycles. The van der Waals surface area contributed by atoms with E-state index in [1.807, 2.05) is 26.0 Å². The fourth-order valence-electron chi connectivity index (χ4n) is 1.64. The second-order valence-electron chi connectivity index (χ2n) is 4.74. The van der Waals surface area contributed by atoms with Gasteiger partial charge in [0.25, 0.3) is 0 Å². The van der Waals surface area contributed by atoms with Crippen LogP contribution in [0.15, 0.2) is 24.3 Å². The van der Waals surface area contributed by atoms with E-state index < -0.39 is 10.0 Å². The lowest BCUT2D eigenvalue weighted by Crippen LogP contribution is -2.30. The molecule has 0 aliphatic rings. The van der Waals surface area contributed by atoms with E-state index in [4.69, 9.17) is 5.26 Å². The van der Waals surface area contributed by atoms with Gasteiger partial charge in [0.1, 0.15) is 0 Å². The second kappa shape index (κ2) is 5.98. The normalized spacial score (nSPS) is 11.8. The highest BCUT2D eigenvalue weighted by atomic mass is 32.2. The first-order chi connectivity index (χ1) is 8.35. The van der Waals surface area contributed by atoms with Crippen LogP contribution in [0.3, 0.4) is 0 Å². The molecule has 0 heterocycles. The molecule has 4 nitrogen and oxygen atoms in total. The third-order valence-electron chi connectivity index (χ3n) is 2.48. The van der Waals surface area contributed by atoms with Crippen molar-refractivity contribution in [3.05, 3.63) is 35.4 Å². The minimum atomic E-state index is -3.23. The third kappa shape index (κ3) is 4.13. The maximum Gasteiger partial charge on any atom is 0.214 e. The Morgan fingerprint density at radius 2 is 2.06 bits per heavy atom. The van der Waals surface area contributed by atoms with E-state index in [0.717, 1.165) is 5.56 Å². The van der Waals surface area contributed by atoms with Gasteiger partial charge in [0.15, 0.2) is 0 Å². The first-order valence-electron chi connectivity index (χ1n) is 5.78. The number of hydrogen-bond acceptors (Lipinski definition) is 3. The predicted octanol–water partition coefficient (Wildman–Crippen LogP) is 1.98. The molecule has 0 aromatic heterocycles. The van der Waals surface area contributed by atoms with Crippen molar-refractivity contribution in [1.29, 1.82) is 5.26 Å². The highest BCUT2D eigenvalue weighted by molar-refractivity contribution is 7.89. The summed E-state index contributed by atoms with van der Waals surface area (Å²) in [6.07, 6.45) is 0. The lowest BCUT2D eigenvalue weighted by atomic mass is 10.1. The zero-order valence-corrected chi connectivity index (χ0v) is 11.7. The fourth-order valence-corrected chi connectivity index (χ4v) is 3.09. The highest BCUT2D eigenvalue weighted by Gasteiger charge is 2.19. The third-order valence-corrected chi connectivity index (χ3v) is 4.65. The Labute approximate surface area is 109 Å². The molecule has 0 amide bonds. The molecule has 0 radical (unpaired) electrons. The van der Waals surface area contributed by atoms with Crippen LogP contribution in [0.2, 0.25) is 0 Å². The quantitative estimate of drug-likeness (QED) is 0.818. The van der Waals surface area contributed by atoms with Crippen LogP contribution in [-0.4, -0.2) is 25.5 Å². The summed E-state index contributed by atoms with van der Waals surface area (Å²) in [6, 6.07) is 9.04. The van der Waals surface area contributed by atoms with E-state index in [0.29, 0.717) is 12.1 Å². The van der Waals surface area contributed by atoms with Gasteiger partial charge in [0.2, 0.25) is 10.0 Å². The summed E-state index contributed by atoms with van der Waals surface area (Å²) in [4.78, 5) is 0. The SMILES string of the molecule is CC(C)CS(=O)(=O)N(C)Cc1cccc(C#N)c1. The molecular formula is C13H18N2O2S. The number of rotatable bonds is 5. The zero-order chi connectivity index (χ0) is 13.8. The standard InChI is InChI=1S/C13H18N2O2S/c1-11(2)10-18(16,17)15(3)9-13-6-4-5-12(7-13)8-14/h4-7,11H,9-10H2,1-3H3. The molecule has 5 heteroatoms. The van der Waals surface area contributed by atoms with Gasteiger partial charge in [-0.05, 0) is 23.6 Å². The van der Waals surface area contributed by atoms with Gasteiger partial charge >= 0.3 is 0 Å². The van der Waals surface area contributed by atoms with Crippen molar-refractivity contribution in [2.75, 3.05) is 12.8 Å². The lowest BCUT2D eigenvalue weighted by molar-refractivity contribution is 0.460. The fraction of sp³-hybridized carbons (Fsp3) is 0.462. The van der Waals surface area contributed by atoms with Gasteiger partial charge in [-0.3, -0.25) is 0 Å². The average Bonchev–Trinajstić information content (AvgIpc) is 2.27. The summed E-state index contributed by atoms with van der Waals surface area (Å²) in [5, 5.41) is 8.79. The van der Waals surface area contributed by atoms with Crippen molar-refractivity contribution in [2.24, 2.45) is 5.92 Å². The maximum absolute atomic E-state index is 12.0. The van der Waals surface area contributed by atoms with Crippen molar-refractivity contribution in [2.45, 2.75) is 20.4 Å². The number of benzene rings is 1. The second-order valence-corrected chi connectivity index (χ2v) is 6.86. The topological polar surface area (TPSA) is 61.2 Å². The minimum absolute atomic E-state index is 0.0999. The summed E-state index contributed by atoms with van der Waals surface area (Å²) < 4.78 is 25.3. The van der Waals surface area contributed by atoms with Gasteiger partial charge in [0, 0.05) is 13.6 Å². The summed E-state index contributed by atoms with van der Waals surface area (Å²) in [7, 11) is -1.66. The molecule has 98 valence electrons. The number of hydrogen-bond donors (Lipinski definition) is 0. The Bertz CT molecular complexity index is 544. The number of sulfonamides is 1. The monoisotopic (exact) mass is 266 g/mol. The molecule has 0 saturated carbocycles. The van der Waals surface area contributed by atoms with Crippen LogP contribution in [0, 0.1) is 17.2 Å². The summed E-state index contributed by atoms with van der Waals surface area (Å²) in [5.41, 5.74) is 1.37. The molecule has 0 fully saturated rings. The summed E-state index contributed by atoms with van der Waals surface area (Å²) >= 11 is 0. The first kappa shape index (κ1) is 14.7. The molecule has 0 saturated heterocycles. The molecule has 1 rings (SSSR count). The first-order valence-corrected chi connectivity index (χ1v) is 7.39. The van der Waals surface area contributed by atoms with Gasteiger partial charge in [-0.25, -0.2) is 12.7 Å². The van der Waals surface area contributed by atoms with E-state index in [-0.39, 0.29) is 11.7 Å². The van der Waals surface area contributed by atoms with Crippen LogP contribution < -0.4 is 0 Å². The van der Waals surface area contributed by atoms with E-state index >= 15 is 0 Å². The maximum atomic E-state index is 12.0. The van der Waals surface area contributed by atoms with Crippen molar-refractivity contribution >= 4 is 10.0 Å². The van der Waals surface area contributed by atoms with Crippen LogP contribution in [0.5, 0.6) is 0 Å². The molecule has 0 bridgehead atoms. The van der Waals surface area contributed by atoms with Crippen LogP contribution in [0.4, 0.5) is 0 Å². The Hall–Kier alpha value is -1.38.